The number of hydrogen-bond acceptors (Lipinski definition) is 4. The molecule has 7 nitrogen and oxygen atoms in total. The molecule has 1 rings (SSSR count). The van der Waals surface area contributed by atoms with Crippen molar-refractivity contribution in [3.8, 4) is 0 Å². The van der Waals surface area contributed by atoms with Crippen LogP contribution in [-0.4, -0.2) is 62.1 Å². The number of nitrogens with one attached hydrogen (secondary N) is 1. The lowest BCUT2D eigenvalue weighted by atomic mass is 10.3. The largest absolute Gasteiger partial charge is 0.480 e. The summed E-state index contributed by atoms with van der Waals surface area (Å²) in [7, 11) is -1.64. The Morgan fingerprint density at radius 1 is 1.30 bits per heavy atom. The quantitative estimate of drug-likeness (QED) is 0.677. The van der Waals surface area contributed by atoms with Crippen LogP contribution in [0.15, 0.2) is 0 Å². The molecule has 1 heterocycles. The smallest absolute Gasteiger partial charge is 0.327 e. The third-order valence-corrected chi connectivity index (χ3v) is 4.82. The molecule has 0 aromatic rings. The highest BCUT2D eigenvalue weighted by molar-refractivity contribution is 7.86. The molecule has 0 bridgehead atoms. The van der Waals surface area contributed by atoms with Gasteiger partial charge in [0.25, 0.3) is 0 Å². The fourth-order valence-electron chi connectivity index (χ4n) is 2.04. The van der Waals surface area contributed by atoms with Gasteiger partial charge in [0.2, 0.25) is 11.8 Å². The van der Waals surface area contributed by atoms with Crippen LogP contribution in [-0.2, 0) is 25.2 Å². The Bertz CT molecular complexity index is 420. The summed E-state index contributed by atoms with van der Waals surface area (Å²) in [5, 5.41) is 10.4. The number of aliphatic carboxylic acids is 1. The van der Waals surface area contributed by atoms with Gasteiger partial charge in [-0.1, -0.05) is 0 Å². The van der Waals surface area contributed by atoms with E-state index in [1.807, 2.05) is 0 Å². The predicted octanol–water partition coefficient (Wildman–Crippen LogP) is -0.665. The van der Waals surface area contributed by atoms with Crippen LogP contribution in [0.5, 0.6) is 0 Å². The van der Waals surface area contributed by atoms with Crippen LogP contribution in [0.3, 0.4) is 0 Å². The molecule has 0 radical (unpaired) electrons. The average Bonchev–Trinajstić information content (AvgIpc) is 2.89. The highest BCUT2D eigenvalue weighted by Crippen LogP contribution is 2.12. The van der Waals surface area contributed by atoms with Crippen LogP contribution in [0.1, 0.15) is 26.7 Å². The molecule has 3 atom stereocenters. The summed E-state index contributed by atoms with van der Waals surface area (Å²) in [4.78, 5) is 35.6. The van der Waals surface area contributed by atoms with E-state index in [0.29, 0.717) is 13.1 Å². The molecule has 1 fully saturated rings. The van der Waals surface area contributed by atoms with E-state index >= 15 is 0 Å². The molecular formula is C12H20N2O5S. The topological polar surface area (TPSA) is 104 Å². The van der Waals surface area contributed by atoms with E-state index in [-0.39, 0.29) is 11.7 Å². The van der Waals surface area contributed by atoms with Gasteiger partial charge in [-0.15, -0.1) is 0 Å². The molecular weight excluding hydrogens is 284 g/mol. The molecule has 2 amide bonds. The number of likely N-dealkylation sites (tertiary alicyclic amines) is 1. The van der Waals surface area contributed by atoms with Crippen LogP contribution >= 0.6 is 0 Å². The number of rotatable bonds is 6. The van der Waals surface area contributed by atoms with E-state index in [1.54, 1.807) is 4.90 Å². The van der Waals surface area contributed by atoms with Gasteiger partial charge in [0.05, 0.1) is 5.75 Å². The van der Waals surface area contributed by atoms with Crippen LogP contribution in [0.4, 0.5) is 0 Å². The van der Waals surface area contributed by atoms with Crippen molar-refractivity contribution in [2.45, 2.75) is 38.0 Å². The van der Waals surface area contributed by atoms with E-state index in [2.05, 4.69) is 5.32 Å². The van der Waals surface area contributed by atoms with Crippen LogP contribution in [0, 0.1) is 0 Å². The standard InChI is InChI=1S/C12H20N2O5S/c1-8(11(16)14-5-3-4-6-14)20(19)7-10(12(17)18)13-9(2)15/h8,10H,3-7H2,1-2H3,(H,13,15)(H,17,18)/t8?,10-,20?/m0/s1. The summed E-state index contributed by atoms with van der Waals surface area (Å²) < 4.78 is 12.1. The fraction of sp³-hybridized carbons (Fsp3) is 0.750. The Morgan fingerprint density at radius 3 is 2.30 bits per heavy atom. The van der Waals surface area contributed by atoms with Gasteiger partial charge in [-0.3, -0.25) is 13.8 Å². The Kier molecular flexibility index (Phi) is 6.12. The molecule has 0 aliphatic carbocycles. The minimum Gasteiger partial charge on any atom is -0.480 e. The second-order valence-corrected chi connectivity index (χ2v) is 6.62. The first kappa shape index (κ1) is 16.6. The first-order chi connectivity index (χ1) is 9.32. The summed E-state index contributed by atoms with van der Waals surface area (Å²) in [6, 6.07) is -1.23. The normalized spacial score (nSPS) is 19.2. The summed E-state index contributed by atoms with van der Waals surface area (Å²) in [5.74, 6) is -2.24. The zero-order chi connectivity index (χ0) is 15.3. The summed E-state index contributed by atoms with van der Waals surface area (Å²) in [6.07, 6.45) is 1.88. The van der Waals surface area contributed by atoms with Gasteiger partial charge < -0.3 is 15.3 Å². The molecule has 1 saturated heterocycles. The van der Waals surface area contributed by atoms with E-state index in [9.17, 15) is 18.6 Å². The van der Waals surface area contributed by atoms with Crippen molar-refractivity contribution >= 4 is 28.6 Å². The highest BCUT2D eigenvalue weighted by atomic mass is 32.2. The van der Waals surface area contributed by atoms with E-state index < -0.39 is 34.0 Å². The number of carboxylic acids is 1. The third kappa shape index (κ3) is 4.59. The molecule has 0 aromatic carbocycles. The number of hydrogen-bond donors (Lipinski definition) is 2. The second kappa shape index (κ2) is 7.37. The Morgan fingerprint density at radius 2 is 1.85 bits per heavy atom. The van der Waals surface area contributed by atoms with E-state index in [0.717, 1.165) is 12.8 Å². The monoisotopic (exact) mass is 304 g/mol. The molecule has 0 spiro atoms. The number of amides is 2. The summed E-state index contributed by atoms with van der Waals surface area (Å²) in [5.41, 5.74) is 0. The zero-order valence-corrected chi connectivity index (χ0v) is 12.4. The van der Waals surface area contributed by atoms with Gasteiger partial charge in [0.1, 0.15) is 11.3 Å². The average molecular weight is 304 g/mol. The SMILES string of the molecule is CC(=O)N[C@@H](CS(=O)C(C)C(=O)N1CCCC1)C(=O)O. The molecule has 0 aromatic heterocycles. The Hall–Kier alpha value is -1.44. The van der Waals surface area contributed by atoms with Gasteiger partial charge >= 0.3 is 5.97 Å². The molecule has 2 N–H and O–H groups in total. The maximum Gasteiger partial charge on any atom is 0.327 e. The lowest BCUT2D eigenvalue weighted by Gasteiger charge is -2.21. The number of carbonyl (C=O) groups is 3. The fourth-order valence-corrected chi connectivity index (χ4v) is 3.25. The highest BCUT2D eigenvalue weighted by Gasteiger charge is 2.30. The van der Waals surface area contributed by atoms with E-state index in [4.69, 9.17) is 5.11 Å². The first-order valence-corrected chi connectivity index (χ1v) is 7.87. The van der Waals surface area contributed by atoms with Gasteiger partial charge in [-0.2, -0.15) is 0 Å². The van der Waals surface area contributed by atoms with Crippen molar-refractivity contribution in [3.05, 3.63) is 0 Å². The molecule has 0 saturated carbocycles. The Balaban J connectivity index is 2.60. The maximum atomic E-state index is 12.1. The number of nitrogens with zero attached hydrogens (tertiary/aromatic N) is 1. The number of carbonyl (C=O) groups excluding carboxylic acids is 2. The van der Waals surface area contributed by atoms with Crippen LogP contribution < -0.4 is 5.32 Å². The van der Waals surface area contributed by atoms with Gasteiger partial charge in [-0.25, -0.2) is 4.79 Å². The third-order valence-electron chi connectivity index (χ3n) is 3.17. The zero-order valence-electron chi connectivity index (χ0n) is 11.6. The molecule has 114 valence electrons. The second-order valence-electron chi connectivity index (χ2n) is 4.81. The summed E-state index contributed by atoms with van der Waals surface area (Å²) >= 11 is 0. The van der Waals surface area contributed by atoms with Crippen LogP contribution in [0.2, 0.25) is 0 Å². The molecule has 1 aliphatic rings. The molecule has 8 heteroatoms. The lowest BCUT2D eigenvalue weighted by Crippen LogP contribution is -2.46. The lowest BCUT2D eigenvalue weighted by molar-refractivity contribution is -0.140. The molecule has 2 unspecified atom stereocenters. The van der Waals surface area contributed by atoms with Crippen molar-refractivity contribution in [1.82, 2.24) is 10.2 Å². The first-order valence-electron chi connectivity index (χ1n) is 6.48. The minimum atomic E-state index is -1.64. The Labute approximate surface area is 120 Å². The maximum absolute atomic E-state index is 12.1. The van der Waals surface area contributed by atoms with Crippen molar-refractivity contribution in [3.63, 3.8) is 0 Å². The van der Waals surface area contributed by atoms with Gasteiger partial charge in [0, 0.05) is 30.8 Å². The van der Waals surface area contributed by atoms with Crippen molar-refractivity contribution in [2.24, 2.45) is 0 Å². The molecule has 20 heavy (non-hydrogen) atoms. The van der Waals surface area contributed by atoms with Crippen LogP contribution in [0.25, 0.3) is 0 Å². The summed E-state index contributed by atoms with van der Waals surface area (Å²) in [6.45, 7) is 4.05. The van der Waals surface area contributed by atoms with Crippen molar-refractivity contribution in [1.29, 1.82) is 0 Å². The van der Waals surface area contributed by atoms with Crippen molar-refractivity contribution in [2.75, 3.05) is 18.8 Å². The predicted molar refractivity (Wildman–Crippen MR) is 73.5 cm³/mol. The van der Waals surface area contributed by atoms with Crippen molar-refractivity contribution < 1.29 is 23.7 Å². The van der Waals surface area contributed by atoms with E-state index in [1.165, 1.54) is 13.8 Å². The molecule has 1 aliphatic heterocycles. The minimum absolute atomic E-state index is 0.215. The number of carboxylic acid groups (broad SMARTS) is 1. The van der Waals surface area contributed by atoms with Gasteiger partial charge in [0.15, 0.2) is 0 Å². The van der Waals surface area contributed by atoms with Gasteiger partial charge in [-0.05, 0) is 19.8 Å².